The summed E-state index contributed by atoms with van der Waals surface area (Å²) in [5.41, 5.74) is 8.70. The third-order valence-electron chi connectivity index (χ3n) is 12.3. The molecule has 11 rings (SSSR count). The Hall–Kier alpha value is -8.50. The van der Waals surface area contributed by atoms with E-state index in [0.717, 1.165) is 99.5 Å². The first kappa shape index (κ1) is 40.3. The van der Waals surface area contributed by atoms with E-state index in [-0.39, 0.29) is 0 Å². The molecule has 0 amide bonds. The molecule has 11 aromatic rings. The van der Waals surface area contributed by atoms with E-state index in [0.29, 0.717) is 34.5 Å². The van der Waals surface area contributed by atoms with Crippen molar-refractivity contribution >= 4 is 99.5 Å². The number of methoxy groups -OCH3 is 6. The van der Waals surface area contributed by atoms with Crippen molar-refractivity contribution in [3.63, 3.8) is 0 Å². The lowest BCUT2D eigenvalue weighted by Gasteiger charge is -2.27. The molecule has 10 heteroatoms. The van der Waals surface area contributed by atoms with Crippen LogP contribution in [0.1, 0.15) is 0 Å². The number of fused-ring (bicyclic) bond motifs is 9. The van der Waals surface area contributed by atoms with Gasteiger partial charge < -0.3 is 47.1 Å². The van der Waals surface area contributed by atoms with Gasteiger partial charge in [-0.2, -0.15) is 0 Å². The zero-order valence-corrected chi connectivity index (χ0v) is 37.2. The minimum Gasteiger partial charge on any atom is -0.493 e. The number of benzene rings is 9. The summed E-state index contributed by atoms with van der Waals surface area (Å²) < 4.78 is 47.7. The molecule has 2 aromatic heterocycles. The Kier molecular flexibility index (Phi) is 9.92. The quantitative estimate of drug-likeness (QED) is 0.118. The van der Waals surface area contributed by atoms with Gasteiger partial charge in [0.15, 0.2) is 23.0 Å². The molecule has 0 atom stereocenters. The van der Waals surface area contributed by atoms with Gasteiger partial charge in [0.25, 0.3) is 0 Å². The number of para-hydroxylation sites is 2. The zero-order chi connectivity index (χ0) is 45.1. The summed E-state index contributed by atoms with van der Waals surface area (Å²) in [5, 5.41) is 8.27. The number of nitrogens with zero attached hydrogens (tertiary/aromatic N) is 2. The smallest absolute Gasteiger partial charge is 0.203 e. The van der Waals surface area contributed by atoms with Crippen molar-refractivity contribution in [1.29, 1.82) is 0 Å². The van der Waals surface area contributed by atoms with Crippen LogP contribution in [0.15, 0.2) is 167 Å². The summed E-state index contributed by atoms with van der Waals surface area (Å²) in [5.74, 6) is 3.32. The number of furan rings is 2. The molecule has 0 bridgehead atoms. The van der Waals surface area contributed by atoms with E-state index in [4.69, 9.17) is 37.3 Å². The van der Waals surface area contributed by atoms with Gasteiger partial charge >= 0.3 is 0 Å². The second kappa shape index (κ2) is 16.2. The Balaban J connectivity index is 1.03. The molecule has 0 aliphatic rings. The molecule has 66 heavy (non-hydrogen) atoms. The Bertz CT molecular complexity index is 3350. The third-order valence-corrected chi connectivity index (χ3v) is 12.3. The maximum atomic E-state index is 6.67. The number of anilines is 6. The molecule has 9 aromatic carbocycles. The van der Waals surface area contributed by atoms with E-state index < -0.39 is 0 Å². The van der Waals surface area contributed by atoms with E-state index in [2.05, 4.69) is 94.7 Å². The molecule has 0 radical (unpaired) electrons. The van der Waals surface area contributed by atoms with Gasteiger partial charge in [0.1, 0.15) is 22.3 Å². The minimum absolute atomic E-state index is 0.531. The van der Waals surface area contributed by atoms with Crippen LogP contribution in [0.2, 0.25) is 0 Å². The molecule has 0 saturated heterocycles. The Morgan fingerprint density at radius 2 is 0.682 bits per heavy atom. The van der Waals surface area contributed by atoms with Crippen molar-refractivity contribution in [2.24, 2.45) is 0 Å². The average Bonchev–Trinajstić information content (AvgIpc) is 3.91. The largest absolute Gasteiger partial charge is 0.493 e. The van der Waals surface area contributed by atoms with Crippen molar-refractivity contribution in [3.05, 3.63) is 158 Å². The Morgan fingerprint density at radius 3 is 1.03 bits per heavy atom. The zero-order valence-electron chi connectivity index (χ0n) is 37.2. The summed E-state index contributed by atoms with van der Waals surface area (Å²) in [6, 6.07) is 53.9. The lowest BCUT2D eigenvalue weighted by molar-refractivity contribution is 0.324. The van der Waals surface area contributed by atoms with Gasteiger partial charge in [0.2, 0.25) is 11.5 Å². The van der Waals surface area contributed by atoms with Crippen LogP contribution in [0.5, 0.6) is 34.5 Å². The van der Waals surface area contributed by atoms with Gasteiger partial charge in [0.05, 0.1) is 54.0 Å². The molecule has 0 fully saturated rings. The van der Waals surface area contributed by atoms with Crippen molar-refractivity contribution in [1.82, 2.24) is 0 Å². The second-order valence-electron chi connectivity index (χ2n) is 15.9. The van der Waals surface area contributed by atoms with Crippen molar-refractivity contribution in [2.45, 2.75) is 0 Å². The van der Waals surface area contributed by atoms with Crippen molar-refractivity contribution < 1.29 is 37.3 Å². The Labute approximate surface area is 380 Å². The molecule has 0 spiro atoms. The summed E-state index contributed by atoms with van der Waals surface area (Å²) in [6.45, 7) is 0. The lowest BCUT2D eigenvalue weighted by Crippen LogP contribution is -2.10. The number of hydrogen-bond acceptors (Lipinski definition) is 10. The first-order valence-corrected chi connectivity index (χ1v) is 21.4. The molecule has 0 N–H and O–H groups in total. The molecule has 0 unspecified atom stereocenters. The molecule has 10 nitrogen and oxygen atoms in total. The van der Waals surface area contributed by atoms with Gasteiger partial charge in [-0.3, -0.25) is 0 Å². The minimum atomic E-state index is 0.531. The predicted octanol–water partition coefficient (Wildman–Crippen LogP) is 14.8. The van der Waals surface area contributed by atoms with Crippen LogP contribution in [-0.4, -0.2) is 42.7 Å². The monoisotopic (exact) mass is 872 g/mol. The van der Waals surface area contributed by atoms with Crippen LogP contribution in [0.25, 0.3) is 65.4 Å². The number of rotatable bonds is 12. The van der Waals surface area contributed by atoms with Crippen LogP contribution in [-0.2, 0) is 0 Å². The first-order valence-electron chi connectivity index (χ1n) is 21.4. The molecular formula is C56H44N2O8. The summed E-state index contributed by atoms with van der Waals surface area (Å²) in [6.07, 6.45) is 0. The summed E-state index contributed by atoms with van der Waals surface area (Å²) in [4.78, 5) is 4.35. The van der Waals surface area contributed by atoms with E-state index in [1.165, 1.54) is 0 Å². The fraction of sp³-hybridized carbons (Fsp3) is 0.107. The van der Waals surface area contributed by atoms with E-state index in [9.17, 15) is 0 Å². The highest BCUT2D eigenvalue weighted by Gasteiger charge is 2.23. The first-order chi connectivity index (χ1) is 32.4. The number of ether oxygens (including phenoxy) is 6. The second-order valence-corrected chi connectivity index (χ2v) is 15.9. The predicted molar refractivity (Wildman–Crippen MR) is 265 cm³/mol. The molecular weight excluding hydrogens is 829 g/mol. The van der Waals surface area contributed by atoms with Crippen LogP contribution < -0.4 is 38.2 Å². The molecule has 0 aliphatic carbocycles. The SMILES string of the molecule is COc1cc(N(c2ccccc2)c2ccc3cc4c(cc3c2)oc2ccc3oc5cc6cc(N(c7ccccc7)c7cc(OC)c(OC)c(OC)c7)ccc6cc5c3c24)cc(OC)c1OC. The summed E-state index contributed by atoms with van der Waals surface area (Å²) in [7, 11) is 9.72. The lowest BCUT2D eigenvalue weighted by atomic mass is 10.0. The molecule has 0 aliphatic heterocycles. The normalized spacial score (nSPS) is 11.5. The highest BCUT2D eigenvalue weighted by atomic mass is 16.5. The van der Waals surface area contributed by atoms with E-state index in [1.807, 2.05) is 72.8 Å². The van der Waals surface area contributed by atoms with Crippen LogP contribution in [0.4, 0.5) is 34.1 Å². The maximum Gasteiger partial charge on any atom is 0.203 e. The average molecular weight is 873 g/mol. The van der Waals surface area contributed by atoms with Gasteiger partial charge in [-0.15, -0.1) is 0 Å². The van der Waals surface area contributed by atoms with Gasteiger partial charge in [-0.25, -0.2) is 0 Å². The Morgan fingerprint density at radius 1 is 0.303 bits per heavy atom. The summed E-state index contributed by atoms with van der Waals surface area (Å²) >= 11 is 0. The molecule has 326 valence electrons. The van der Waals surface area contributed by atoms with Gasteiger partial charge in [0, 0.05) is 68.6 Å². The van der Waals surface area contributed by atoms with Crippen LogP contribution >= 0.6 is 0 Å². The third kappa shape index (κ3) is 6.56. The molecule has 0 saturated carbocycles. The van der Waals surface area contributed by atoms with Gasteiger partial charge in [-0.05, 0) is 106 Å². The maximum absolute atomic E-state index is 6.67. The van der Waals surface area contributed by atoms with Crippen LogP contribution in [0, 0.1) is 0 Å². The highest BCUT2D eigenvalue weighted by molar-refractivity contribution is 6.28. The standard InChI is InChI=1S/C56H44N2O8/c1-59-49-29-41(30-50(60-2)55(49)63-5)57(37-13-9-7-10-14-37)39-19-17-33-25-43-47(27-35(33)23-39)65-45-21-22-46-54(53(43)45)44-26-34-18-20-40(24-36(34)28-48(44)66-46)58(38-15-11-8-12-16-38)42-31-51(61-3)56(64-6)52(32-42)62-4/h7-32H,1-6H3. The van der Waals surface area contributed by atoms with Gasteiger partial charge in [-0.1, -0.05) is 48.5 Å². The van der Waals surface area contributed by atoms with Crippen molar-refractivity contribution in [2.75, 3.05) is 52.5 Å². The topological polar surface area (TPSA) is 88.1 Å². The van der Waals surface area contributed by atoms with E-state index >= 15 is 0 Å². The van der Waals surface area contributed by atoms with E-state index in [1.54, 1.807) is 42.7 Å². The van der Waals surface area contributed by atoms with Crippen molar-refractivity contribution in [3.8, 4) is 34.5 Å². The fourth-order valence-corrected chi connectivity index (χ4v) is 9.31. The number of hydrogen-bond donors (Lipinski definition) is 0. The van der Waals surface area contributed by atoms with Crippen LogP contribution in [0.3, 0.4) is 0 Å². The highest BCUT2D eigenvalue weighted by Crippen LogP contribution is 2.48. The molecule has 2 heterocycles. The fourth-order valence-electron chi connectivity index (χ4n) is 9.31.